The second kappa shape index (κ2) is 8.05. The largest absolute Gasteiger partial charge is 0.416 e. The third-order valence-corrected chi connectivity index (χ3v) is 5.86. The van der Waals surface area contributed by atoms with Gasteiger partial charge in [0.25, 0.3) is 0 Å². The molecule has 0 N–H and O–H groups in total. The average molecular weight is 461 g/mol. The monoisotopic (exact) mass is 461 g/mol. The van der Waals surface area contributed by atoms with Crippen molar-refractivity contribution in [3.05, 3.63) is 65.8 Å². The Labute approximate surface area is 183 Å². The molecule has 0 spiro atoms. The molecule has 0 radical (unpaired) electrons. The van der Waals surface area contributed by atoms with E-state index in [9.17, 15) is 17.6 Å². The van der Waals surface area contributed by atoms with Gasteiger partial charge in [-0.2, -0.15) is 18.2 Å². The number of hydrogen-bond acceptors (Lipinski definition) is 6. The Bertz CT molecular complexity index is 1270. The maximum Gasteiger partial charge on any atom is 0.416 e. The summed E-state index contributed by atoms with van der Waals surface area (Å²) in [6.07, 6.45) is -2.55. The number of thioether (sulfide) groups is 1. The van der Waals surface area contributed by atoms with Crippen molar-refractivity contribution in [3.8, 4) is 22.8 Å². The minimum Gasteiger partial charge on any atom is -0.338 e. The maximum absolute atomic E-state index is 14.3. The van der Waals surface area contributed by atoms with Gasteiger partial charge in [-0.05, 0) is 37.1 Å². The molecule has 2 aromatic heterocycles. The van der Waals surface area contributed by atoms with Gasteiger partial charge in [0.2, 0.25) is 11.7 Å². The van der Waals surface area contributed by atoms with Crippen LogP contribution in [0.1, 0.15) is 30.3 Å². The minimum atomic E-state index is -4.46. The molecule has 0 bridgehead atoms. The van der Waals surface area contributed by atoms with E-state index in [0.717, 1.165) is 25.0 Å². The number of halogens is 4. The molecular weight excluding hydrogens is 446 g/mol. The van der Waals surface area contributed by atoms with Gasteiger partial charge in [-0.3, -0.25) is 4.57 Å². The van der Waals surface area contributed by atoms with Gasteiger partial charge in [0.1, 0.15) is 5.82 Å². The molecule has 1 saturated carbocycles. The first kappa shape index (κ1) is 20.7. The molecule has 32 heavy (non-hydrogen) atoms. The summed E-state index contributed by atoms with van der Waals surface area (Å²) >= 11 is 1.30. The van der Waals surface area contributed by atoms with Crippen LogP contribution in [0.25, 0.3) is 22.8 Å². The van der Waals surface area contributed by atoms with E-state index in [1.165, 1.54) is 30.0 Å². The van der Waals surface area contributed by atoms with Gasteiger partial charge in [-0.1, -0.05) is 41.2 Å². The molecule has 0 atom stereocenters. The van der Waals surface area contributed by atoms with Gasteiger partial charge in [0, 0.05) is 11.6 Å². The first-order valence-corrected chi connectivity index (χ1v) is 10.7. The van der Waals surface area contributed by atoms with Crippen LogP contribution in [0.15, 0.2) is 58.2 Å². The Kier molecular flexibility index (Phi) is 5.20. The molecule has 11 heteroatoms. The lowest BCUT2D eigenvalue weighted by Crippen LogP contribution is -2.04. The zero-order valence-electron chi connectivity index (χ0n) is 16.4. The van der Waals surface area contributed by atoms with Gasteiger partial charge in [-0.25, -0.2) is 4.39 Å². The quantitative estimate of drug-likeness (QED) is 0.268. The molecule has 4 aromatic rings. The van der Waals surface area contributed by atoms with Crippen molar-refractivity contribution in [2.45, 2.75) is 36.0 Å². The molecule has 2 aromatic carbocycles. The zero-order chi connectivity index (χ0) is 22.3. The fourth-order valence-corrected chi connectivity index (χ4v) is 4.10. The summed E-state index contributed by atoms with van der Waals surface area (Å²) in [6.45, 7) is 0. The Morgan fingerprint density at radius 3 is 2.62 bits per heavy atom. The fourth-order valence-electron chi connectivity index (χ4n) is 3.26. The van der Waals surface area contributed by atoms with Crippen molar-refractivity contribution in [2.24, 2.45) is 0 Å². The highest BCUT2D eigenvalue weighted by Crippen LogP contribution is 2.42. The molecule has 2 heterocycles. The van der Waals surface area contributed by atoms with Gasteiger partial charge in [0.05, 0.1) is 16.9 Å². The van der Waals surface area contributed by atoms with E-state index in [4.69, 9.17) is 4.52 Å². The second-order valence-electron chi connectivity index (χ2n) is 7.27. The number of benzene rings is 2. The summed E-state index contributed by atoms with van der Waals surface area (Å²) in [4.78, 5) is 4.20. The van der Waals surface area contributed by atoms with Crippen molar-refractivity contribution in [1.82, 2.24) is 24.9 Å². The molecule has 0 amide bonds. The Balaban J connectivity index is 1.36. The number of aromatic nitrogens is 5. The van der Waals surface area contributed by atoms with E-state index in [-0.39, 0.29) is 34.9 Å². The topological polar surface area (TPSA) is 69.6 Å². The van der Waals surface area contributed by atoms with Gasteiger partial charge >= 0.3 is 6.18 Å². The molecule has 0 saturated heterocycles. The lowest BCUT2D eigenvalue weighted by Gasteiger charge is -2.08. The number of alkyl halides is 3. The van der Waals surface area contributed by atoms with Crippen LogP contribution in [0.3, 0.4) is 0 Å². The summed E-state index contributed by atoms with van der Waals surface area (Å²) in [5.41, 5.74) is -0.194. The predicted octanol–water partition coefficient (Wildman–Crippen LogP) is 5.78. The van der Waals surface area contributed by atoms with Crippen LogP contribution in [0, 0.1) is 5.82 Å². The van der Waals surface area contributed by atoms with Crippen molar-refractivity contribution >= 4 is 11.8 Å². The van der Waals surface area contributed by atoms with Crippen LogP contribution in [0.2, 0.25) is 0 Å². The molecule has 1 aliphatic carbocycles. The standard InChI is InChI=1S/C21H15F4N5OS/c22-16-7-2-1-6-15(16)19-27-28-20(30(19)14-8-9-14)32-11-17-26-18(29-31-17)12-4-3-5-13(10-12)21(23,24)25/h1-7,10,14H,8-9,11H2. The Hall–Kier alpha value is -3.21. The molecule has 0 unspecified atom stereocenters. The molecule has 1 fully saturated rings. The van der Waals surface area contributed by atoms with E-state index in [0.29, 0.717) is 16.5 Å². The summed E-state index contributed by atoms with van der Waals surface area (Å²) < 4.78 is 60.2. The molecule has 1 aliphatic rings. The normalized spacial score (nSPS) is 14.1. The van der Waals surface area contributed by atoms with E-state index < -0.39 is 11.7 Å². The number of hydrogen-bond donors (Lipinski definition) is 0. The third kappa shape index (κ3) is 4.12. The molecular formula is C21H15F4N5OS. The highest BCUT2D eigenvalue weighted by molar-refractivity contribution is 7.98. The molecule has 6 nitrogen and oxygen atoms in total. The van der Waals surface area contributed by atoms with Crippen molar-refractivity contribution in [3.63, 3.8) is 0 Å². The predicted molar refractivity (Wildman–Crippen MR) is 108 cm³/mol. The summed E-state index contributed by atoms with van der Waals surface area (Å²) in [7, 11) is 0. The van der Waals surface area contributed by atoms with Crippen molar-refractivity contribution in [1.29, 1.82) is 0 Å². The van der Waals surface area contributed by atoms with Gasteiger partial charge in [0.15, 0.2) is 11.0 Å². The van der Waals surface area contributed by atoms with E-state index >= 15 is 0 Å². The highest BCUT2D eigenvalue weighted by atomic mass is 32.2. The first-order valence-electron chi connectivity index (χ1n) is 9.73. The Morgan fingerprint density at radius 1 is 1.06 bits per heavy atom. The second-order valence-corrected chi connectivity index (χ2v) is 8.21. The molecule has 0 aliphatic heterocycles. The number of rotatable bonds is 6. The molecule has 5 rings (SSSR count). The van der Waals surface area contributed by atoms with Crippen LogP contribution in [-0.4, -0.2) is 24.9 Å². The lowest BCUT2D eigenvalue weighted by molar-refractivity contribution is -0.137. The van der Waals surface area contributed by atoms with Crippen molar-refractivity contribution < 1.29 is 22.1 Å². The molecule has 164 valence electrons. The van der Waals surface area contributed by atoms with Crippen LogP contribution in [0.5, 0.6) is 0 Å². The van der Waals surface area contributed by atoms with E-state index in [2.05, 4.69) is 20.3 Å². The van der Waals surface area contributed by atoms with Crippen molar-refractivity contribution in [2.75, 3.05) is 0 Å². The average Bonchev–Trinajstić information content (AvgIpc) is 3.34. The van der Waals surface area contributed by atoms with E-state index in [1.807, 2.05) is 4.57 Å². The van der Waals surface area contributed by atoms with E-state index in [1.54, 1.807) is 18.2 Å². The maximum atomic E-state index is 14.3. The van der Waals surface area contributed by atoms with Crippen LogP contribution >= 0.6 is 11.8 Å². The van der Waals surface area contributed by atoms with Crippen LogP contribution < -0.4 is 0 Å². The first-order chi connectivity index (χ1) is 15.4. The Morgan fingerprint density at radius 2 is 1.88 bits per heavy atom. The lowest BCUT2D eigenvalue weighted by atomic mass is 10.1. The number of nitrogens with zero attached hydrogens (tertiary/aromatic N) is 5. The smallest absolute Gasteiger partial charge is 0.338 e. The van der Waals surface area contributed by atoms with Crippen LogP contribution in [-0.2, 0) is 11.9 Å². The fraction of sp³-hybridized carbons (Fsp3) is 0.238. The zero-order valence-corrected chi connectivity index (χ0v) is 17.2. The summed E-state index contributed by atoms with van der Waals surface area (Å²) in [5, 5.41) is 12.8. The van der Waals surface area contributed by atoms with Crippen LogP contribution in [0.4, 0.5) is 17.6 Å². The highest BCUT2D eigenvalue weighted by Gasteiger charge is 2.32. The minimum absolute atomic E-state index is 0.0717. The third-order valence-electron chi connectivity index (χ3n) is 4.93. The summed E-state index contributed by atoms with van der Waals surface area (Å²) in [5.74, 6) is 0.639. The summed E-state index contributed by atoms with van der Waals surface area (Å²) in [6, 6.07) is 11.3. The van der Waals surface area contributed by atoms with Gasteiger partial charge in [-0.15, -0.1) is 10.2 Å². The van der Waals surface area contributed by atoms with Gasteiger partial charge < -0.3 is 4.52 Å². The SMILES string of the molecule is Fc1ccccc1-c1nnc(SCc2nc(-c3cccc(C(F)(F)F)c3)no2)n1C1CC1.